The molecule has 0 aromatic heterocycles. The number of benzene rings is 1. The van der Waals surface area contributed by atoms with Crippen LogP contribution in [0.3, 0.4) is 0 Å². The number of hydrogen-bond acceptors (Lipinski definition) is 2. The van der Waals surface area contributed by atoms with Gasteiger partial charge < -0.3 is 10.1 Å². The summed E-state index contributed by atoms with van der Waals surface area (Å²) in [5, 5.41) is 2.97. The predicted molar refractivity (Wildman–Crippen MR) is 81.7 cm³/mol. The van der Waals surface area contributed by atoms with Gasteiger partial charge in [-0.15, -0.1) is 0 Å². The average molecular weight is 273 g/mol. The van der Waals surface area contributed by atoms with Crippen molar-refractivity contribution in [1.82, 2.24) is 5.32 Å². The first-order valence-electron chi connectivity index (χ1n) is 7.03. The molecule has 1 aromatic carbocycles. The Morgan fingerprint density at radius 2 is 1.90 bits per heavy atom. The molecule has 20 heavy (non-hydrogen) atoms. The Balaban J connectivity index is 2.19. The average Bonchev–Trinajstić information content (AvgIpc) is 2.29. The van der Waals surface area contributed by atoms with Crippen molar-refractivity contribution in [2.24, 2.45) is 0 Å². The van der Waals surface area contributed by atoms with Crippen LogP contribution in [0.15, 0.2) is 18.2 Å². The highest BCUT2D eigenvalue weighted by Gasteiger charge is 2.23. The minimum absolute atomic E-state index is 0.0100. The fraction of sp³-hybridized carbons (Fsp3) is 0.471. The quantitative estimate of drug-likeness (QED) is 0.829. The standard InChI is InChI=1S/C17H23NO2/c1-11-9-13-7-6-8-15(14(13)10-12(11)2)18-16(19)20-17(3,4)5/h6-7,9-10,15H,8H2,1-5H3,(H,18,19)/t15-/m1/s1. The van der Waals surface area contributed by atoms with Crippen molar-refractivity contribution in [2.45, 2.75) is 52.7 Å². The van der Waals surface area contributed by atoms with E-state index in [9.17, 15) is 4.79 Å². The summed E-state index contributed by atoms with van der Waals surface area (Å²) in [7, 11) is 0. The van der Waals surface area contributed by atoms with E-state index >= 15 is 0 Å². The molecule has 1 aliphatic rings. The lowest BCUT2D eigenvalue weighted by Crippen LogP contribution is -2.35. The predicted octanol–water partition coefficient (Wildman–Crippen LogP) is 4.29. The molecule has 0 aliphatic heterocycles. The minimum atomic E-state index is -0.472. The van der Waals surface area contributed by atoms with Gasteiger partial charge in [-0.2, -0.15) is 0 Å². The number of ether oxygens (including phenoxy) is 1. The molecule has 0 saturated heterocycles. The second kappa shape index (κ2) is 5.31. The van der Waals surface area contributed by atoms with Crippen LogP contribution in [0.1, 0.15) is 55.5 Å². The third kappa shape index (κ3) is 3.41. The molecule has 1 amide bonds. The van der Waals surface area contributed by atoms with Gasteiger partial charge in [0.05, 0.1) is 6.04 Å². The number of hydrogen-bond donors (Lipinski definition) is 1. The highest BCUT2D eigenvalue weighted by Crippen LogP contribution is 2.30. The zero-order valence-electron chi connectivity index (χ0n) is 12.9. The summed E-state index contributed by atoms with van der Waals surface area (Å²) in [5.74, 6) is 0. The van der Waals surface area contributed by atoms with Crippen LogP contribution in [0, 0.1) is 13.8 Å². The van der Waals surface area contributed by atoms with E-state index in [-0.39, 0.29) is 12.1 Å². The molecule has 3 nitrogen and oxygen atoms in total. The Morgan fingerprint density at radius 1 is 1.25 bits per heavy atom. The van der Waals surface area contributed by atoms with Crippen molar-refractivity contribution in [1.29, 1.82) is 0 Å². The number of aryl methyl sites for hydroxylation is 2. The first kappa shape index (κ1) is 14.6. The molecule has 1 atom stereocenters. The molecule has 108 valence electrons. The molecule has 0 bridgehead atoms. The molecule has 3 heteroatoms. The summed E-state index contributed by atoms with van der Waals surface area (Å²) in [6.45, 7) is 9.81. The Morgan fingerprint density at radius 3 is 2.55 bits per heavy atom. The third-order valence-corrected chi connectivity index (χ3v) is 3.43. The first-order chi connectivity index (χ1) is 9.26. The van der Waals surface area contributed by atoms with Crippen molar-refractivity contribution in [3.8, 4) is 0 Å². The van der Waals surface area contributed by atoms with Crippen LogP contribution in [-0.4, -0.2) is 11.7 Å². The molecule has 0 spiro atoms. The topological polar surface area (TPSA) is 38.3 Å². The maximum Gasteiger partial charge on any atom is 0.408 e. The summed E-state index contributed by atoms with van der Waals surface area (Å²) in [5.41, 5.74) is 4.39. The molecule has 0 fully saturated rings. The Hall–Kier alpha value is -1.77. The maximum absolute atomic E-state index is 11.9. The van der Waals surface area contributed by atoms with E-state index in [1.54, 1.807) is 0 Å². The Kier molecular flexibility index (Phi) is 3.89. The van der Waals surface area contributed by atoms with E-state index in [0.717, 1.165) is 6.42 Å². The second-order valence-corrected chi connectivity index (χ2v) is 6.40. The van der Waals surface area contributed by atoms with Gasteiger partial charge in [-0.3, -0.25) is 0 Å². The lowest BCUT2D eigenvalue weighted by atomic mass is 9.89. The highest BCUT2D eigenvalue weighted by molar-refractivity contribution is 5.70. The molecular weight excluding hydrogens is 250 g/mol. The molecule has 0 heterocycles. The first-order valence-corrected chi connectivity index (χ1v) is 7.03. The van der Waals surface area contributed by atoms with Gasteiger partial charge in [0.1, 0.15) is 5.60 Å². The van der Waals surface area contributed by atoms with Crippen molar-refractivity contribution in [3.05, 3.63) is 40.5 Å². The zero-order chi connectivity index (χ0) is 14.9. The van der Waals surface area contributed by atoms with Crippen LogP contribution in [0.2, 0.25) is 0 Å². The van der Waals surface area contributed by atoms with Crippen LogP contribution in [0.4, 0.5) is 4.79 Å². The van der Waals surface area contributed by atoms with Gasteiger partial charge in [-0.05, 0) is 63.3 Å². The van der Waals surface area contributed by atoms with Crippen molar-refractivity contribution in [3.63, 3.8) is 0 Å². The van der Waals surface area contributed by atoms with Gasteiger partial charge in [0.2, 0.25) is 0 Å². The van der Waals surface area contributed by atoms with Gasteiger partial charge >= 0.3 is 6.09 Å². The highest BCUT2D eigenvalue weighted by atomic mass is 16.6. The smallest absolute Gasteiger partial charge is 0.408 e. The van der Waals surface area contributed by atoms with Crippen LogP contribution >= 0.6 is 0 Å². The molecule has 0 radical (unpaired) electrons. The van der Waals surface area contributed by atoms with Crippen LogP contribution in [0.25, 0.3) is 6.08 Å². The number of amides is 1. The van der Waals surface area contributed by atoms with Gasteiger partial charge in [-0.25, -0.2) is 4.79 Å². The number of nitrogens with one attached hydrogen (secondary N) is 1. The molecular formula is C17H23NO2. The molecule has 1 aliphatic carbocycles. The van der Waals surface area contributed by atoms with Gasteiger partial charge in [0.15, 0.2) is 0 Å². The van der Waals surface area contributed by atoms with E-state index in [0.29, 0.717) is 0 Å². The van der Waals surface area contributed by atoms with Crippen LogP contribution in [-0.2, 0) is 4.74 Å². The molecule has 2 rings (SSSR count). The zero-order valence-corrected chi connectivity index (χ0v) is 12.9. The number of rotatable bonds is 1. The molecule has 0 saturated carbocycles. The largest absolute Gasteiger partial charge is 0.444 e. The van der Waals surface area contributed by atoms with Gasteiger partial charge in [-0.1, -0.05) is 24.3 Å². The number of carbonyl (C=O) groups excluding carboxylic acids is 1. The molecule has 1 N–H and O–H groups in total. The van der Waals surface area contributed by atoms with Gasteiger partial charge in [0, 0.05) is 0 Å². The number of carbonyl (C=O) groups is 1. The van der Waals surface area contributed by atoms with Crippen LogP contribution in [0.5, 0.6) is 0 Å². The van der Waals surface area contributed by atoms with E-state index in [1.807, 2.05) is 20.8 Å². The van der Waals surface area contributed by atoms with Crippen molar-refractivity contribution < 1.29 is 9.53 Å². The molecule has 1 aromatic rings. The lowest BCUT2D eigenvalue weighted by Gasteiger charge is -2.26. The number of fused-ring (bicyclic) bond motifs is 1. The fourth-order valence-corrected chi connectivity index (χ4v) is 2.35. The van der Waals surface area contributed by atoms with E-state index < -0.39 is 5.60 Å². The number of alkyl carbamates (subject to hydrolysis) is 1. The van der Waals surface area contributed by atoms with Crippen molar-refractivity contribution >= 4 is 12.2 Å². The van der Waals surface area contributed by atoms with Gasteiger partial charge in [0.25, 0.3) is 0 Å². The minimum Gasteiger partial charge on any atom is -0.444 e. The van der Waals surface area contributed by atoms with Crippen LogP contribution < -0.4 is 5.32 Å². The fourth-order valence-electron chi connectivity index (χ4n) is 2.35. The maximum atomic E-state index is 11.9. The second-order valence-electron chi connectivity index (χ2n) is 6.40. The summed E-state index contributed by atoms with van der Waals surface area (Å²) in [6, 6.07) is 4.32. The Labute approximate surface area is 121 Å². The SMILES string of the molecule is Cc1cc2c(cc1C)[C@H](NC(=O)OC(C)(C)C)CC=C2. The molecule has 0 unspecified atom stereocenters. The normalized spacial score (nSPS) is 17.6. The Bertz CT molecular complexity index is 553. The van der Waals surface area contributed by atoms with E-state index in [1.165, 1.54) is 22.3 Å². The monoisotopic (exact) mass is 273 g/mol. The summed E-state index contributed by atoms with van der Waals surface area (Å²) >= 11 is 0. The van der Waals surface area contributed by atoms with Crippen molar-refractivity contribution in [2.75, 3.05) is 0 Å². The summed E-state index contributed by atoms with van der Waals surface area (Å²) in [6.07, 6.45) is 4.66. The summed E-state index contributed by atoms with van der Waals surface area (Å²) < 4.78 is 5.34. The van der Waals surface area contributed by atoms with E-state index in [4.69, 9.17) is 4.74 Å². The third-order valence-electron chi connectivity index (χ3n) is 3.43. The van der Waals surface area contributed by atoms with E-state index in [2.05, 4.69) is 43.4 Å². The lowest BCUT2D eigenvalue weighted by molar-refractivity contribution is 0.0503. The summed E-state index contributed by atoms with van der Waals surface area (Å²) in [4.78, 5) is 11.9.